The maximum Gasteiger partial charge on any atom is 0.289 e. The summed E-state index contributed by atoms with van der Waals surface area (Å²) in [7, 11) is -3.30. The zero-order valence-corrected chi connectivity index (χ0v) is 16.3. The highest BCUT2D eigenvalue weighted by Gasteiger charge is 2.28. The Labute approximate surface area is 164 Å². The van der Waals surface area contributed by atoms with Crippen molar-refractivity contribution < 1.29 is 22.0 Å². The first-order valence-corrected chi connectivity index (χ1v) is 10.8. The molecule has 0 radical (unpaired) electrons. The normalized spacial score (nSPS) is 15.9. The van der Waals surface area contributed by atoms with E-state index in [9.17, 15) is 22.0 Å². The van der Waals surface area contributed by atoms with Gasteiger partial charge in [0.1, 0.15) is 0 Å². The molecule has 2 aromatic carbocycles. The van der Waals surface area contributed by atoms with Crippen LogP contribution in [0.2, 0.25) is 5.02 Å². The average Bonchev–Trinajstić information content (AvgIpc) is 2.97. The van der Waals surface area contributed by atoms with Crippen molar-refractivity contribution in [3.05, 3.63) is 53.1 Å². The fourth-order valence-electron chi connectivity index (χ4n) is 2.72. The Bertz CT molecular complexity index is 953. The van der Waals surface area contributed by atoms with Crippen molar-refractivity contribution in [2.75, 3.05) is 21.9 Å². The third-order valence-electron chi connectivity index (χ3n) is 3.94. The predicted molar refractivity (Wildman–Crippen MR) is 103 cm³/mol. The van der Waals surface area contributed by atoms with Crippen molar-refractivity contribution >= 4 is 50.7 Å². The number of carbonyl (C=O) groups excluding carboxylic acids is 1. The van der Waals surface area contributed by atoms with E-state index in [4.69, 9.17) is 11.6 Å². The molecule has 5 nitrogen and oxygen atoms in total. The summed E-state index contributed by atoms with van der Waals surface area (Å²) in [5, 5.41) is 2.69. The zero-order chi connectivity index (χ0) is 19.6. The Balaban J connectivity index is 1.79. The number of sulfonamides is 1. The first-order valence-electron chi connectivity index (χ1n) is 7.93. The van der Waals surface area contributed by atoms with E-state index < -0.39 is 21.7 Å². The van der Waals surface area contributed by atoms with Crippen LogP contribution < -0.4 is 9.62 Å². The zero-order valence-electron chi connectivity index (χ0n) is 13.9. The molecule has 1 fully saturated rings. The molecule has 0 atom stereocenters. The molecule has 144 valence electrons. The second-order valence-corrected chi connectivity index (χ2v) is 9.16. The second-order valence-electron chi connectivity index (χ2n) is 5.74. The smallest absolute Gasteiger partial charge is 0.289 e. The van der Waals surface area contributed by atoms with Crippen LogP contribution in [0, 0.1) is 0 Å². The molecular weight excluding hydrogens is 418 g/mol. The summed E-state index contributed by atoms with van der Waals surface area (Å²) >= 11 is 6.21. The van der Waals surface area contributed by atoms with Crippen LogP contribution in [0.15, 0.2) is 47.4 Å². The van der Waals surface area contributed by atoms with Gasteiger partial charge in [-0.15, -0.1) is 0 Å². The highest BCUT2D eigenvalue weighted by molar-refractivity contribution is 7.99. The SMILES string of the molecule is O=C(Nc1cccc(Cl)c1SC(F)F)c1ccc(N2CCCS2(=O)=O)cc1. The Morgan fingerprint density at radius 3 is 2.48 bits per heavy atom. The lowest BCUT2D eigenvalue weighted by Crippen LogP contribution is -2.25. The summed E-state index contributed by atoms with van der Waals surface area (Å²) in [6, 6.07) is 10.6. The third-order valence-corrected chi connectivity index (χ3v) is 7.09. The summed E-state index contributed by atoms with van der Waals surface area (Å²) in [6.07, 6.45) is 0.559. The van der Waals surface area contributed by atoms with Crippen molar-refractivity contribution in [2.24, 2.45) is 0 Å². The van der Waals surface area contributed by atoms with Crippen LogP contribution >= 0.6 is 23.4 Å². The predicted octanol–water partition coefficient (Wildman–Crippen LogP) is 4.45. The minimum absolute atomic E-state index is 0.0855. The number of hydrogen-bond acceptors (Lipinski definition) is 4. The summed E-state index contributed by atoms with van der Waals surface area (Å²) in [6.45, 7) is 0.407. The summed E-state index contributed by atoms with van der Waals surface area (Å²) in [4.78, 5) is 12.5. The molecule has 1 aliphatic rings. The standard InChI is InChI=1S/C17H15ClF2N2O3S2/c18-13-3-1-4-14(15(13)26-17(19)20)21-16(23)11-5-7-12(8-6-11)22-9-2-10-27(22,24)25/h1,3-8,17H,2,9-10H2,(H,21,23). The van der Waals surface area contributed by atoms with Crippen molar-refractivity contribution in [3.63, 3.8) is 0 Å². The van der Waals surface area contributed by atoms with E-state index in [1.165, 1.54) is 28.6 Å². The highest BCUT2D eigenvalue weighted by Crippen LogP contribution is 2.37. The van der Waals surface area contributed by atoms with Gasteiger partial charge in [0.2, 0.25) is 10.0 Å². The summed E-state index contributed by atoms with van der Waals surface area (Å²) in [5.41, 5.74) is 0.938. The molecule has 1 amide bonds. The highest BCUT2D eigenvalue weighted by atomic mass is 35.5. The number of hydrogen-bond donors (Lipinski definition) is 1. The molecule has 10 heteroatoms. The average molecular weight is 433 g/mol. The van der Waals surface area contributed by atoms with Gasteiger partial charge >= 0.3 is 0 Å². The van der Waals surface area contributed by atoms with E-state index in [2.05, 4.69) is 5.32 Å². The molecule has 0 spiro atoms. The van der Waals surface area contributed by atoms with Crippen LogP contribution in [-0.4, -0.2) is 32.4 Å². The van der Waals surface area contributed by atoms with Crippen LogP contribution in [0.1, 0.15) is 16.8 Å². The van der Waals surface area contributed by atoms with E-state index >= 15 is 0 Å². The van der Waals surface area contributed by atoms with Crippen LogP contribution in [-0.2, 0) is 10.0 Å². The number of alkyl halides is 2. The number of amides is 1. The lowest BCUT2D eigenvalue weighted by molar-refractivity contribution is 0.102. The summed E-state index contributed by atoms with van der Waals surface area (Å²) < 4.78 is 50.7. The van der Waals surface area contributed by atoms with Crippen molar-refractivity contribution in [3.8, 4) is 0 Å². The van der Waals surface area contributed by atoms with Gasteiger partial charge in [-0.3, -0.25) is 9.10 Å². The Morgan fingerprint density at radius 1 is 1.19 bits per heavy atom. The van der Waals surface area contributed by atoms with Crippen LogP contribution in [0.3, 0.4) is 0 Å². The Hall–Kier alpha value is -1.84. The van der Waals surface area contributed by atoms with Gasteiger partial charge in [-0.25, -0.2) is 8.42 Å². The maximum atomic E-state index is 12.7. The molecule has 3 rings (SSSR count). The minimum atomic E-state index is -3.30. The van der Waals surface area contributed by atoms with Gasteiger partial charge in [0.05, 0.1) is 27.0 Å². The molecule has 1 saturated heterocycles. The van der Waals surface area contributed by atoms with Gasteiger partial charge < -0.3 is 5.32 Å². The molecule has 0 aromatic heterocycles. The van der Waals surface area contributed by atoms with Gasteiger partial charge in [0, 0.05) is 12.1 Å². The van der Waals surface area contributed by atoms with Gasteiger partial charge in [-0.1, -0.05) is 29.4 Å². The molecule has 0 saturated carbocycles. The molecule has 27 heavy (non-hydrogen) atoms. The number of halogens is 3. The molecule has 0 unspecified atom stereocenters. The van der Waals surface area contributed by atoms with Gasteiger partial charge in [-0.05, 0) is 42.8 Å². The lowest BCUT2D eigenvalue weighted by atomic mass is 10.2. The number of nitrogens with zero attached hydrogens (tertiary/aromatic N) is 1. The molecule has 1 heterocycles. The first kappa shape index (κ1) is 19.9. The van der Waals surface area contributed by atoms with Crippen LogP contribution in [0.5, 0.6) is 0 Å². The second kappa shape index (κ2) is 8.04. The van der Waals surface area contributed by atoms with E-state index in [0.717, 1.165) is 0 Å². The lowest BCUT2D eigenvalue weighted by Gasteiger charge is -2.17. The van der Waals surface area contributed by atoms with E-state index in [0.29, 0.717) is 18.7 Å². The Kier molecular flexibility index (Phi) is 5.92. The first-order chi connectivity index (χ1) is 12.8. The number of nitrogens with one attached hydrogen (secondary N) is 1. The van der Waals surface area contributed by atoms with Gasteiger partial charge in [-0.2, -0.15) is 8.78 Å². The van der Waals surface area contributed by atoms with Crippen LogP contribution in [0.4, 0.5) is 20.2 Å². The van der Waals surface area contributed by atoms with Gasteiger partial charge in [0.25, 0.3) is 11.7 Å². The number of anilines is 2. The molecule has 2 aromatic rings. The molecular formula is C17H15ClF2N2O3S2. The van der Waals surface area contributed by atoms with Gasteiger partial charge in [0.15, 0.2) is 0 Å². The quantitative estimate of drug-likeness (QED) is 0.709. The fourth-order valence-corrected chi connectivity index (χ4v) is 5.20. The maximum absolute atomic E-state index is 12.7. The van der Waals surface area contributed by atoms with Crippen molar-refractivity contribution in [1.29, 1.82) is 0 Å². The molecule has 0 bridgehead atoms. The third kappa shape index (κ3) is 4.53. The topological polar surface area (TPSA) is 66.5 Å². The van der Waals surface area contributed by atoms with Crippen molar-refractivity contribution in [2.45, 2.75) is 17.1 Å². The number of benzene rings is 2. The number of carbonyl (C=O) groups is 1. The van der Waals surface area contributed by atoms with E-state index in [1.54, 1.807) is 18.2 Å². The monoisotopic (exact) mass is 432 g/mol. The molecule has 1 N–H and O–H groups in total. The summed E-state index contributed by atoms with van der Waals surface area (Å²) in [5.74, 6) is -3.08. The van der Waals surface area contributed by atoms with Crippen molar-refractivity contribution in [1.82, 2.24) is 0 Å². The van der Waals surface area contributed by atoms with Crippen LogP contribution in [0.25, 0.3) is 0 Å². The minimum Gasteiger partial charge on any atom is -0.321 e. The van der Waals surface area contributed by atoms with E-state index in [1.807, 2.05) is 0 Å². The molecule has 0 aliphatic carbocycles. The fraction of sp³-hybridized carbons (Fsp3) is 0.235. The van der Waals surface area contributed by atoms with E-state index in [-0.39, 0.29) is 38.7 Å². The number of rotatable bonds is 5. The number of thioether (sulfide) groups is 1. The molecule has 1 aliphatic heterocycles. The largest absolute Gasteiger partial charge is 0.321 e. The Morgan fingerprint density at radius 2 is 1.89 bits per heavy atom.